The van der Waals surface area contributed by atoms with Crippen LogP contribution in [0.3, 0.4) is 0 Å². The number of halogens is 1. The first-order chi connectivity index (χ1) is 14.7. The minimum absolute atomic E-state index is 0.144. The summed E-state index contributed by atoms with van der Waals surface area (Å²) in [5, 5.41) is 0. The van der Waals surface area contributed by atoms with Gasteiger partial charge in [0.2, 0.25) is 10.0 Å². The Morgan fingerprint density at radius 3 is 2.39 bits per heavy atom. The van der Waals surface area contributed by atoms with E-state index in [-0.39, 0.29) is 12.1 Å². The molecule has 0 bridgehead atoms. The second kappa shape index (κ2) is 11.5. The number of sulfonamides is 1. The molecular weight excluding hydrogens is 476 g/mol. The molecular formula is C24H39BrN2O3S. The number of nitrogens with one attached hydrogen (secondary N) is 1. The van der Waals surface area contributed by atoms with Gasteiger partial charge < -0.3 is 9.64 Å². The van der Waals surface area contributed by atoms with Crippen molar-refractivity contribution in [2.24, 2.45) is 11.8 Å². The largest absolute Gasteiger partial charge is 0.491 e. The van der Waals surface area contributed by atoms with Crippen molar-refractivity contribution in [3.8, 4) is 5.75 Å². The van der Waals surface area contributed by atoms with Crippen LogP contribution < -0.4 is 9.46 Å². The van der Waals surface area contributed by atoms with Crippen molar-refractivity contribution < 1.29 is 13.2 Å². The Labute approximate surface area is 197 Å². The van der Waals surface area contributed by atoms with E-state index in [1.807, 2.05) is 6.07 Å². The zero-order valence-electron chi connectivity index (χ0n) is 19.3. The summed E-state index contributed by atoms with van der Waals surface area (Å²) in [6.07, 6.45) is 10.6. The molecule has 0 unspecified atom stereocenters. The van der Waals surface area contributed by atoms with Gasteiger partial charge >= 0.3 is 0 Å². The SMILES string of the molecule is CC(C)Oc1ccc(Br)c(CC2CCN(CC[C@H]3CC[C@H](NS(C)(=O)=O)CC3)CC2)c1. The number of hydrogen-bond acceptors (Lipinski definition) is 4. The molecule has 2 aliphatic rings. The number of likely N-dealkylation sites (tertiary alicyclic amines) is 1. The van der Waals surface area contributed by atoms with Crippen molar-refractivity contribution in [3.05, 3.63) is 28.2 Å². The fourth-order valence-corrected chi connectivity index (χ4v) is 6.26. The van der Waals surface area contributed by atoms with E-state index in [0.717, 1.165) is 49.7 Å². The van der Waals surface area contributed by atoms with Crippen LogP contribution in [-0.4, -0.2) is 51.4 Å². The van der Waals surface area contributed by atoms with Gasteiger partial charge in [0.1, 0.15) is 5.75 Å². The lowest BCUT2D eigenvalue weighted by Crippen LogP contribution is -2.38. The Kier molecular flexibility index (Phi) is 9.26. The fourth-order valence-electron chi connectivity index (χ4n) is 5.02. The molecule has 1 aliphatic heterocycles. The Balaban J connectivity index is 1.37. The lowest BCUT2D eigenvalue weighted by atomic mass is 9.84. The van der Waals surface area contributed by atoms with Gasteiger partial charge in [-0.05, 0) is 120 Å². The third-order valence-corrected chi connectivity index (χ3v) is 8.22. The highest BCUT2D eigenvalue weighted by Crippen LogP contribution is 2.31. The van der Waals surface area contributed by atoms with Gasteiger partial charge in [0.05, 0.1) is 12.4 Å². The molecule has 1 aromatic rings. The fraction of sp³-hybridized carbons (Fsp3) is 0.750. The molecule has 1 heterocycles. The number of hydrogen-bond donors (Lipinski definition) is 1. The molecule has 7 heteroatoms. The summed E-state index contributed by atoms with van der Waals surface area (Å²) in [5.41, 5.74) is 1.36. The molecule has 0 atom stereocenters. The predicted octanol–water partition coefficient (Wildman–Crippen LogP) is 4.99. The molecule has 5 nitrogen and oxygen atoms in total. The van der Waals surface area contributed by atoms with Crippen LogP contribution in [0.5, 0.6) is 5.75 Å². The molecule has 0 amide bonds. The summed E-state index contributed by atoms with van der Waals surface area (Å²) >= 11 is 3.72. The van der Waals surface area contributed by atoms with Crippen LogP contribution in [0, 0.1) is 11.8 Å². The van der Waals surface area contributed by atoms with Gasteiger partial charge in [-0.15, -0.1) is 0 Å². The third-order valence-electron chi connectivity index (χ3n) is 6.69. The van der Waals surface area contributed by atoms with Gasteiger partial charge in [0, 0.05) is 10.5 Å². The molecule has 1 saturated carbocycles. The lowest BCUT2D eigenvalue weighted by molar-refractivity contribution is 0.164. The van der Waals surface area contributed by atoms with Crippen LogP contribution in [0.2, 0.25) is 0 Å². The lowest BCUT2D eigenvalue weighted by Gasteiger charge is -2.34. The maximum Gasteiger partial charge on any atom is 0.208 e. The number of ether oxygens (including phenoxy) is 1. The molecule has 1 aromatic carbocycles. The van der Waals surface area contributed by atoms with Crippen molar-refractivity contribution in [1.29, 1.82) is 0 Å². The van der Waals surface area contributed by atoms with Crippen LogP contribution in [0.25, 0.3) is 0 Å². The zero-order valence-corrected chi connectivity index (χ0v) is 21.7. The molecule has 0 aromatic heterocycles. The monoisotopic (exact) mass is 514 g/mol. The van der Waals surface area contributed by atoms with Crippen LogP contribution in [-0.2, 0) is 16.4 Å². The topological polar surface area (TPSA) is 58.6 Å². The highest BCUT2D eigenvalue weighted by atomic mass is 79.9. The Hall–Kier alpha value is -0.630. The molecule has 0 spiro atoms. The summed E-state index contributed by atoms with van der Waals surface area (Å²) in [6.45, 7) is 7.69. The summed E-state index contributed by atoms with van der Waals surface area (Å²) in [5.74, 6) is 2.45. The van der Waals surface area contributed by atoms with E-state index < -0.39 is 10.0 Å². The van der Waals surface area contributed by atoms with Gasteiger partial charge in [-0.2, -0.15) is 0 Å². The normalized spacial score (nSPS) is 23.9. The Morgan fingerprint density at radius 2 is 1.77 bits per heavy atom. The number of piperidine rings is 1. The van der Waals surface area contributed by atoms with Crippen LogP contribution >= 0.6 is 15.9 Å². The second-order valence-electron chi connectivity index (χ2n) is 9.81. The molecule has 3 rings (SSSR count). The minimum atomic E-state index is -3.08. The molecule has 31 heavy (non-hydrogen) atoms. The summed E-state index contributed by atoms with van der Waals surface area (Å²) in [4.78, 5) is 2.63. The number of nitrogens with zero attached hydrogens (tertiary/aromatic N) is 1. The third kappa shape index (κ3) is 8.67. The Morgan fingerprint density at radius 1 is 1.10 bits per heavy atom. The van der Waals surface area contributed by atoms with Crippen molar-refractivity contribution in [2.45, 2.75) is 77.4 Å². The molecule has 1 aliphatic carbocycles. The average Bonchev–Trinajstić information content (AvgIpc) is 2.69. The first-order valence-corrected chi connectivity index (χ1v) is 14.5. The molecule has 0 radical (unpaired) electrons. The van der Waals surface area contributed by atoms with E-state index in [9.17, 15) is 8.42 Å². The van der Waals surface area contributed by atoms with Crippen molar-refractivity contribution >= 4 is 26.0 Å². The van der Waals surface area contributed by atoms with E-state index in [1.54, 1.807) is 0 Å². The first-order valence-electron chi connectivity index (χ1n) is 11.8. The predicted molar refractivity (Wildman–Crippen MR) is 131 cm³/mol. The zero-order chi connectivity index (χ0) is 22.4. The number of benzene rings is 1. The molecule has 2 fully saturated rings. The van der Waals surface area contributed by atoms with E-state index >= 15 is 0 Å². The molecule has 1 N–H and O–H groups in total. The van der Waals surface area contributed by atoms with Crippen LogP contribution in [0.4, 0.5) is 0 Å². The van der Waals surface area contributed by atoms with Crippen molar-refractivity contribution in [1.82, 2.24) is 9.62 Å². The van der Waals surface area contributed by atoms with Gasteiger partial charge in [-0.1, -0.05) is 15.9 Å². The number of rotatable bonds is 9. The van der Waals surface area contributed by atoms with Gasteiger partial charge in [0.25, 0.3) is 0 Å². The molecule has 1 saturated heterocycles. The van der Waals surface area contributed by atoms with Gasteiger partial charge in [-0.3, -0.25) is 0 Å². The van der Waals surface area contributed by atoms with Crippen LogP contribution in [0.15, 0.2) is 22.7 Å². The maximum atomic E-state index is 11.4. The van der Waals surface area contributed by atoms with E-state index in [0.29, 0.717) is 0 Å². The smallest absolute Gasteiger partial charge is 0.208 e. The van der Waals surface area contributed by atoms with Gasteiger partial charge in [-0.25, -0.2) is 13.1 Å². The van der Waals surface area contributed by atoms with Crippen molar-refractivity contribution in [2.75, 3.05) is 25.9 Å². The minimum Gasteiger partial charge on any atom is -0.491 e. The highest BCUT2D eigenvalue weighted by molar-refractivity contribution is 9.10. The van der Waals surface area contributed by atoms with Crippen molar-refractivity contribution in [3.63, 3.8) is 0 Å². The summed E-state index contributed by atoms with van der Waals surface area (Å²) in [7, 11) is -3.08. The van der Waals surface area contributed by atoms with E-state index in [1.165, 1.54) is 55.2 Å². The highest BCUT2D eigenvalue weighted by Gasteiger charge is 2.25. The quantitative estimate of drug-likeness (QED) is 0.504. The molecule has 176 valence electrons. The van der Waals surface area contributed by atoms with Gasteiger partial charge in [0.15, 0.2) is 0 Å². The second-order valence-corrected chi connectivity index (χ2v) is 12.4. The maximum absolute atomic E-state index is 11.4. The standard InChI is InChI=1S/C24H39BrN2O3S/c1-18(2)30-23-8-9-24(25)21(17-23)16-20-11-14-27(15-12-20)13-10-19-4-6-22(7-5-19)26-31(3,28)29/h8-9,17-20,22,26H,4-7,10-16H2,1-3H3/t19-,22-. The summed E-state index contributed by atoms with van der Waals surface area (Å²) in [6, 6.07) is 6.50. The van der Waals surface area contributed by atoms with E-state index in [2.05, 4.69) is 51.5 Å². The Bertz CT molecular complexity index is 799. The van der Waals surface area contributed by atoms with E-state index in [4.69, 9.17) is 4.74 Å². The average molecular weight is 516 g/mol. The van der Waals surface area contributed by atoms with Crippen LogP contribution in [0.1, 0.15) is 64.4 Å². The summed E-state index contributed by atoms with van der Waals surface area (Å²) < 4.78 is 32.6. The first kappa shape index (κ1) is 25.0.